The lowest BCUT2D eigenvalue weighted by atomic mass is 9.78. The van der Waals surface area contributed by atoms with Crippen molar-refractivity contribution in [2.24, 2.45) is 10.2 Å². The summed E-state index contributed by atoms with van der Waals surface area (Å²) in [5.74, 6) is 3.00. The molecule has 0 aliphatic rings. The molecular formula is C39H36N6O2. The van der Waals surface area contributed by atoms with Crippen LogP contribution in [0.2, 0.25) is 0 Å². The summed E-state index contributed by atoms with van der Waals surface area (Å²) in [6, 6.07) is 46.5. The van der Waals surface area contributed by atoms with Crippen molar-refractivity contribution in [3.05, 3.63) is 157 Å². The molecular weight excluding hydrogens is 584 g/mol. The first-order valence-electron chi connectivity index (χ1n) is 15.2. The van der Waals surface area contributed by atoms with Crippen LogP contribution in [0, 0.1) is 0 Å². The fourth-order valence-corrected chi connectivity index (χ4v) is 4.87. The van der Waals surface area contributed by atoms with Crippen LogP contribution < -0.4 is 31.8 Å². The molecule has 0 heterocycles. The maximum Gasteiger partial charge on any atom is 0.127 e. The van der Waals surface area contributed by atoms with E-state index in [1.165, 1.54) is 11.1 Å². The van der Waals surface area contributed by atoms with Gasteiger partial charge in [0.05, 0.1) is 22.7 Å². The quantitative estimate of drug-likeness (QED) is 0.0650. The van der Waals surface area contributed by atoms with Crippen molar-refractivity contribution in [2.45, 2.75) is 19.3 Å². The molecule has 0 amide bonds. The first-order chi connectivity index (χ1) is 22.8. The molecule has 8 heteroatoms. The van der Waals surface area contributed by atoms with Crippen LogP contribution in [0.3, 0.4) is 0 Å². The van der Waals surface area contributed by atoms with Crippen LogP contribution in [0.15, 0.2) is 156 Å². The number of hydrogen-bond donors (Lipinski definition) is 4. The highest BCUT2D eigenvalue weighted by Crippen LogP contribution is 2.35. The molecule has 0 bridgehead atoms. The number of hydrazine groups is 1. The van der Waals surface area contributed by atoms with Gasteiger partial charge in [-0.25, -0.2) is 0 Å². The van der Waals surface area contributed by atoms with E-state index in [2.05, 4.69) is 59.2 Å². The highest BCUT2D eigenvalue weighted by molar-refractivity contribution is 5.57. The smallest absolute Gasteiger partial charge is 0.127 e. The van der Waals surface area contributed by atoms with Gasteiger partial charge in [0.25, 0.3) is 0 Å². The largest absolute Gasteiger partial charge is 0.457 e. The van der Waals surface area contributed by atoms with E-state index < -0.39 is 0 Å². The number of ether oxygens (including phenoxy) is 2. The SMILES string of the molecule is CC(C)(c1ccc(Oc2ccc(N=Nc3ccc(N)cc3)cc2)cc1)c1ccc(Oc2ccc(NNc3ccc(N)cc3)cc2)cc1. The fraction of sp³-hybridized carbons (Fsp3) is 0.0769. The summed E-state index contributed by atoms with van der Waals surface area (Å²) < 4.78 is 12.2. The zero-order valence-electron chi connectivity index (χ0n) is 26.2. The van der Waals surface area contributed by atoms with Gasteiger partial charge in [-0.2, -0.15) is 10.2 Å². The third-order valence-corrected chi connectivity index (χ3v) is 7.75. The highest BCUT2D eigenvalue weighted by Gasteiger charge is 2.23. The predicted octanol–water partition coefficient (Wildman–Crippen LogP) is 10.6. The summed E-state index contributed by atoms with van der Waals surface area (Å²) in [7, 11) is 0. The van der Waals surface area contributed by atoms with E-state index >= 15 is 0 Å². The summed E-state index contributed by atoms with van der Waals surface area (Å²) >= 11 is 0. The molecule has 6 aromatic rings. The van der Waals surface area contributed by atoms with Gasteiger partial charge < -0.3 is 31.8 Å². The minimum absolute atomic E-state index is 0.223. The third-order valence-electron chi connectivity index (χ3n) is 7.75. The van der Waals surface area contributed by atoms with Gasteiger partial charge in [0.15, 0.2) is 0 Å². The molecule has 8 nitrogen and oxygen atoms in total. The van der Waals surface area contributed by atoms with E-state index in [-0.39, 0.29) is 5.41 Å². The van der Waals surface area contributed by atoms with Crippen molar-refractivity contribution in [1.29, 1.82) is 0 Å². The van der Waals surface area contributed by atoms with Crippen LogP contribution in [-0.2, 0) is 5.41 Å². The molecule has 0 radical (unpaired) electrons. The van der Waals surface area contributed by atoms with Gasteiger partial charge in [-0.15, -0.1) is 0 Å². The number of nitrogens with two attached hydrogens (primary N) is 2. The Hall–Kier alpha value is -6.28. The molecule has 6 aromatic carbocycles. The molecule has 234 valence electrons. The molecule has 0 saturated carbocycles. The van der Waals surface area contributed by atoms with Crippen LogP contribution in [0.5, 0.6) is 23.0 Å². The Labute approximate surface area is 274 Å². The molecule has 6 N–H and O–H groups in total. The summed E-state index contributed by atoms with van der Waals surface area (Å²) in [5, 5.41) is 8.53. The number of azo groups is 1. The summed E-state index contributed by atoms with van der Waals surface area (Å²) in [5.41, 5.74) is 24.7. The van der Waals surface area contributed by atoms with Gasteiger partial charge >= 0.3 is 0 Å². The second-order valence-electron chi connectivity index (χ2n) is 11.6. The molecule has 0 unspecified atom stereocenters. The van der Waals surface area contributed by atoms with E-state index in [4.69, 9.17) is 20.9 Å². The highest BCUT2D eigenvalue weighted by atomic mass is 16.5. The third kappa shape index (κ3) is 8.06. The number of nitrogens with zero attached hydrogens (tertiary/aromatic N) is 2. The van der Waals surface area contributed by atoms with Crippen molar-refractivity contribution in [3.8, 4) is 23.0 Å². The van der Waals surface area contributed by atoms with Crippen molar-refractivity contribution < 1.29 is 9.47 Å². The molecule has 0 spiro atoms. The van der Waals surface area contributed by atoms with E-state index in [0.29, 0.717) is 5.69 Å². The lowest BCUT2D eigenvalue weighted by Gasteiger charge is -2.26. The Bertz CT molecular complexity index is 1920. The Morgan fingerprint density at radius 3 is 1.13 bits per heavy atom. The molecule has 0 aromatic heterocycles. The van der Waals surface area contributed by atoms with Crippen LogP contribution in [0.25, 0.3) is 0 Å². The Kier molecular flexibility index (Phi) is 9.02. The molecule has 6 rings (SSSR count). The molecule has 0 aliphatic heterocycles. The molecule has 0 aliphatic carbocycles. The van der Waals surface area contributed by atoms with E-state index in [1.807, 2.05) is 109 Å². The Morgan fingerprint density at radius 1 is 0.426 bits per heavy atom. The number of nitrogen functional groups attached to an aromatic ring is 2. The van der Waals surface area contributed by atoms with Gasteiger partial charge in [-0.1, -0.05) is 38.1 Å². The fourth-order valence-electron chi connectivity index (χ4n) is 4.87. The first-order valence-corrected chi connectivity index (χ1v) is 15.2. The maximum absolute atomic E-state index is 6.11. The van der Waals surface area contributed by atoms with Gasteiger partial charge in [0.2, 0.25) is 0 Å². The average molecular weight is 621 g/mol. The lowest BCUT2D eigenvalue weighted by Crippen LogP contribution is -2.18. The first kappa shape index (κ1) is 30.7. The number of rotatable bonds is 11. The number of hydrogen-bond acceptors (Lipinski definition) is 8. The normalized spacial score (nSPS) is 11.3. The van der Waals surface area contributed by atoms with Crippen LogP contribution >= 0.6 is 0 Å². The van der Waals surface area contributed by atoms with Gasteiger partial charge in [-0.3, -0.25) is 0 Å². The minimum Gasteiger partial charge on any atom is -0.457 e. The molecule has 47 heavy (non-hydrogen) atoms. The Morgan fingerprint density at radius 2 is 0.723 bits per heavy atom. The van der Waals surface area contributed by atoms with Gasteiger partial charge in [0.1, 0.15) is 23.0 Å². The zero-order chi connectivity index (χ0) is 32.6. The van der Waals surface area contributed by atoms with Crippen molar-refractivity contribution >= 4 is 34.1 Å². The monoisotopic (exact) mass is 620 g/mol. The average Bonchev–Trinajstić information content (AvgIpc) is 3.09. The molecule has 0 atom stereocenters. The van der Waals surface area contributed by atoms with Crippen LogP contribution in [0.4, 0.5) is 34.1 Å². The lowest BCUT2D eigenvalue weighted by molar-refractivity contribution is 0.481. The van der Waals surface area contributed by atoms with Crippen LogP contribution in [0.1, 0.15) is 25.0 Å². The maximum atomic E-state index is 6.11. The molecule has 0 fully saturated rings. The number of benzene rings is 6. The van der Waals surface area contributed by atoms with Gasteiger partial charge in [0, 0.05) is 16.8 Å². The van der Waals surface area contributed by atoms with E-state index in [1.54, 1.807) is 12.1 Å². The summed E-state index contributed by atoms with van der Waals surface area (Å²) in [4.78, 5) is 0. The second-order valence-corrected chi connectivity index (χ2v) is 11.6. The zero-order valence-corrected chi connectivity index (χ0v) is 26.2. The summed E-state index contributed by atoms with van der Waals surface area (Å²) in [6.45, 7) is 4.42. The van der Waals surface area contributed by atoms with Crippen LogP contribution in [-0.4, -0.2) is 0 Å². The standard InChI is InChI=1S/C39H36N6O2/c1-39(2,27-3-19-35(20-4-27)46-37-23-15-33(16-24-37)44-42-31-11-7-29(40)8-12-31)28-5-21-36(22-6-28)47-38-25-17-34(18-26-38)45-43-32-13-9-30(41)10-14-32/h3-26,42,44H,40-41H2,1-2H3. The van der Waals surface area contributed by atoms with Crippen molar-refractivity contribution in [2.75, 3.05) is 22.3 Å². The van der Waals surface area contributed by atoms with Crippen molar-refractivity contribution in [1.82, 2.24) is 0 Å². The number of nitrogens with one attached hydrogen (secondary N) is 2. The van der Waals surface area contributed by atoms with Crippen molar-refractivity contribution in [3.63, 3.8) is 0 Å². The topological polar surface area (TPSA) is 119 Å². The summed E-state index contributed by atoms with van der Waals surface area (Å²) in [6.07, 6.45) is 0. The number of anilines is 4. The second kappa shape index (κ2) is 13.8. The van der Waals surface area contributed by atoms with E-state index in [0.717, 1.165) is 51.4 Å². The van der Waals surface area contributed by atoms with Gasteiger partial charge in [-0.05, 0) is 132 Å². The van der Waals surface area contributed by atoms with E-state index in [9.17, 15) is 0 Å². The molecule has 0 saturated heterocycles. The minimum atomic E-state index is -0.223. The predicted molar refractivity (Wildman–Crippen MR) is 191 cm³/mol. The Balaban J connectivity index is 1.02.